The molecule has 0 aromatic heterocycles. The van der Waals surface area contributed by atoms with Crippen LogP contribution < -0.4 is 20.1 Å². The summed E-state index contributed by atoms with van der Waals surface area (Å²) in [7, 11) is 0. The molecule has 2 aromatic rings. The first-order valence-corrected chi connectivity index (χ1v) is 14.7. The van der Waals surface area contributed by atoms with Crippen LogP contribution >= 0.6 is 15.9 Å². The maximum Gasteiger partial charge on any atom is 0.246 e. The van der Waals surface area contributed by atoms with Gasteiger partial charge in [-0.25, -0.2) is 0 Å². The zero-order chi connectivity index (χ0) is 27.4. The van der Waals surface area contributed by atoms with Crippen molar-refractivity contribution in [3.63, 3.8) is 0 Å². The highest BCUT2D eigenvalue weighted by atomic mass is 79.9. The monoisotopic (exact) mass is 607 g/mol. The first-order chi connectivity index (χ1) is 19.4. The first-order valence-electron chi connectivity index (χ1n) is 13.9. The van der Waals surface area contributed by atoms with E-state index >= 15 is 0 Å². The number of halogens is 1. The van der Waals surface area contributed by atoms with Crippen LogP contribution in [0.15, 0.2) is 59.1 Å². The van der Waals surface area contributed by atoms with Gasteiger partial charge in [0.25, 0.3) is 0 Å². The second-order valence-electron chi connectivity index (χ2n) is 11.2. The Kier molecular flexibility index (Phi) is 6.35. The predicted molar refractivity (Wildman–Crippen MR) is 148 cm³/mol. The lowest BCUT2D eigenvalue weighted by molar-refractivity contribution is -0.142. The highest BCUT2D eigenvalue weighted by molar-refractivity contribution is 9.10. The van der Waals surface area contributed by atoms with E-state index in [-0.39, 0.29) is 37.1 Å². The molecule has 4 heterocycles. The van der Waals surface area contributed by atoms with E-state index in [0.717, 1.165) is 35.7 Å². The number of likely N-dealkylation sites (tertiary alicyclic amines) is 1. The van der Waals surface area contributed by atoms with Crippen LogP contribution in [0.25, 0.3) is 0 Å². The number of carbonyl (C=O) groups is 3. The van der Waals surface area contributed by atoms with Crippen molar-refractivity contribution >= 4 is 39.3 Å². The summed E-state index contributed by atoms with van der Waals surface area (Å²) < 4.78 is 18.3. The Hall–Kier alpha value is -3.37. The van der Waals surface area contributed by atoms with Crippen molar-refractivity contribution in [3.8, 4) is 11.5 Å². The van der Waals surface area contributed by atoms with Crippen molar-refractivity contribution in [2.45, 2.75) is 62.4 Å². The largest absolute Gasteiger partial charge is 0.454 e. The van der Waals surface area contributed by atoms with E-state index in [0.29, 0.717) is 17.2 Å². The molecule has 2 N–H and O–H groups in total. The summed E-state index contributed by atoms with van der Waals surface area (Å²) in [6, 6.07) is 12.0. The summed E-state index contributed by atoms with van der Waals surface area (Å²) >= 11 is 3.41. The Morgan fingerprint density at radius 3 is 2.58 bits per heavy atom. The number of anilines is 1. The van der Waals surface area contributed by atoms with Crippen LogP contribution in [-0.4, -0.2) is 53.2 Å². The number of rotatable bonds is 6. The van der Waals surface area contributed by atoms with Crippen LogP contribution in [-0.2, 0) is 25.7 Å². The van der Waals surface area contributed by atoms with Crippen molar-refractivity contribution in [1.29, 1.82) is 0 Å². The van der Waals surface area contributed by atoms with Crippen LogP contribution in [0, 0.1) is 11.8 Å². The number of hydrogen-bond donors (Lipinski definition) is 2. The zero-order valence-corrected chi connectivity index (χ0v) is 23.4. The Morgan fingerprint density at radius 1 is 1.00 bits per heavy atom. The van der Waals surface area contributed by atoms with Gasteiger partial charge in [-0.1, -0.05) is 53.4 Å². The molecular formula is C30H30BrN3O6. The minimum atomic E-state index is -1.21. The number of fused-ring (bicyclic) bond motifs is 2. The van der Waals surface area contributed by atoms with Crippen LogP contribution in [0.4, 0.5) is 5.69 Å². The predicted octanol–water partition coefficient (Wildman–Crippen LogP) is 3.92. The SMILES string of the molecule is O=C(Nc1ccc(Br)cc1)C1C2C=CC3(O2)C1C(=O)N(Cc1ccc2c(c1)OCO2)C3C(=O)NC1CCCCC1. The number of hydrogen-bond acceptors (Lipinski definition) is 6. The summed E-state index contributed by atoms with van der Waals surface area (Å²) in [5.41, 5.74) is 0.223. The average Bonchev–Trinajstić information content (AvgIpc) is 3.71. The van der Waals surface area contributed by atoms with Gasteiger partial charge in [0.05, 0.1) is 17.9 Å². The van der Waals surface area contributed by atoms with Gasteiger partial charge < -0.3 is 29.7 Å². The Balaban J connectivity index is 1.21. The average molecular weight is 608 g/mol. The summed E-state index contributed by atoms with van der Waals surface area (Å²) in [5, 5.41) is 6.17. The van der Waals surface area contributed by atoms with E-state index in [2.05, 4.69) is 26.6 Å². The van der Waals surface area contributed by atoms with Gasteiger partial charge in [0.15, 0.2) is 11.5 Å². The Morgan fingerprint density at radius 2 is 1.77 bits per heavy atom. The van der Waals surface area contributed by atoms with Crippen molar-refractivity contribution in [2.75, 3.05) is 12.1 Å². The topological polar surface area (TPSA) is 106 Å². The lowest BCUT2D eigenvalue weighted by Crippen LogP contribution is -2.56. The maximum atomic E-state index is 14.2. The highest BCUT2D eigenvalue weighted by Crippen LogP contribution is 2.55. The number of ether oxygens (including phenoxy) is 3. The number of benzene rings is 2. The third-order valence-corrected chi connectivity index (χ3v) is 9.31. The fourth-order valence-corrected chi connectivity index (χ4v) is 7.22. The fourth-order valence-electron chi connectivity index (χ4n) is 6.96. The smallest absolute Gasteiger partial charge is 0.246 e. The van der Waals surface area contributed by atoms with Gasteiger partial charge in [0.2, 0.25) is 24.5 Å². The lowest BCUT2D eigenvalue weighted by Gasteiger charge is -2.34. The molecule has 1 aliphatic carbocycles. The third kappa shape index (κ3) is 4.19. The molecular weight excluding hydrogens is 578 g/mol. The summed E-state index contributed by atoms with van der Waals surface area (Å²) in [4.78, 5) is 43.4. The highest BCUT2D eigenvalue weighted by Gasteiger charge is 2.72. The van der Waals surface area contributed by atoms with E-state index in [9.17, 15) is 14.4 Å². The fraction of sp³-hybridized carbons (Fsp3) is 0.433. The van der Waals surface area contributed by atoms with E-state index in [1.165, 1.54) is 6.42 Å². The lowest BCUT2D eigenvalue weighted by atomic mass is 9.74. The van der Waals surface area contributed by atoms with E-state index < -0.39 is 29.6 Å². The first kappa shape index (κ1) is 25.6. The van der Waals surface area contributed by atoms with Gasteiger partial charge in [-0.05, 0) is 54.8 Å². The van der Waals surface area contributed by atoms with Gasteiger partial charge in [-0.15, -0.1) is 0 Å². The zero-order valence-electron chi connectivity index (χ0n) is 21.8. The minimum absolute atomic E-state index is 0.0679. The quantitative estimate of drug-likeness (QED) is 0.482. The van der Waals surface area contributed by atoms with Crippen LogP contribution in [0.3, 0.4) is 0 Å². The molecule has 3 fully saturated rings. The van der Waals surface area contributed by atoms with Crippen LogP contribution in [0.1, 0.15) is 37.7 Å². The summed E-state index contributed by atoms with van der Waals surface area (Å²) in [6.45, 7) is 0.327. The molecule has 4 aliphatic heterocycles. The van der Waals surface area contributed by atoms with Crippen molar-refractivity contribution in [1.82, 2.24) is 10.2 Å². The molecule has 3 amide bonds. The number of carbonyl (C=O) groups excluding carboxylic acids is 3. The molecule has 2 bridgehead atoms. The van der Waals surface area contributed by atoms with Gasteiger partial charge in [-0.3, -0.25) is 14.4 Å². The van der Waals surface area contributed by atoms with E-state index in [1.807, 2.05) is 42.5 Å². The number of amides is 3. The molecule has 7 rings (SSSR count). The molecule has 1 spiro atoms. The molecule has 5 unspecified atom stereocenters. The second-order valence-corrected chi connectivity index (χ2v) is 12.1. The number of nitrogens with zero attached hydrogens (tertiary/aromatic N) is 1. The molecule has 5 aliphatic rings. The van der Waals surface area contributed by atoms with Crippen LogP contribution in [0.5, 0.6) is 11.5 Å². The molecule has 208 valence electrons. The molecule has 2 aromatic carbocycles. The van der Waals surface area contributed by atoms with Crippen molar-refractivity contribution < 1.29 is 28.6 Å². The summed E-state index contributed by atoms with van der Waals surface area (Å²) in [5.74, 6) is -1.11. The number of nitrogens with one attached hydrogen (secondary N) is 2. The Bertz CT molecular complexity index is 1390. The molecule has 10 heteroatoms. The van der Waals surface area contributed by atoms with Crippen molar-refractivity contribution in [2.24, 2.45) is 11.8 Å². The third-order valence-electron chi connectivity index (χ3n) is 8.78. The molecule has 1 saturated carbocycles. The van der Waals surface area contributed by atoms with Crippen LogP contribution in [0.2, 0.25) is 0 Å². The van der Waals surface area contributed by atoms with Crippen molar-refractivity contribution in [3.05, 3.63) is 64.7 Å². The van der Waals surface area contributed by atoms with Gasteiger partial charge in [0, 0.05) is 22.7 Å². The van der Waals surface area contributed by atoms with E-state index in [1.54, 1.807) is 17.0 Å². The Labute approximate surface area is 240 Å². The molecule has 0 radical (unpaired) electrons. The second kappa shape index (κ2) is 9.92. The van der Waals surface area contributed by atoms with E-state index in [4.69, 9.17) is 14.2 Å². The standard InChI is InChI=1S/C30H30BrN3O6/c31-18-7-9-20(10-8-18)32-27(35)24-22-12-13-30(40-22)25(24)29(37)34(15-17-6-11-21-23(14-17)39-16-38-21)26(30)28(36)33-19-4-2-1-3-5-19/h6-14,19,22,24-26H,1-5,15-16H2,(H,32,35)(H,33,36). The normalized spacial score (nSPS) is 30.0. The van der Waals surface area contributed by atoms with Gasteiger partial charge in [0.1, 0.15) is 11.6 Å². The maximum absolute atomic E-state index is 14.2. The van der Waals surface area contributed by atoms with Gasteiger partial charge >= 0.3 is 0 Å². The summed E-state index contributed by atoms with van der Waals surface area (Å²) in [6.07, 6.45) is 8.24. The molecule has 2 saturated heterocycles. The molecule has 5 atom stereocenters. The molecule has 40 heavy (non-hydrogen) atoms. The minimum Gasteiger partial charge on any atom is -0.454 e. The van der Waals surface area contributed by atoms with Gasteiger partial charge in [-0.2, -0.15) is 0 Å². The molecule has 9 nitrogen and oxygen atoms in total.